The first-order valence-electron chi connectivity index (χ1n) is 4.04. The average molecular weight is 153 g/mol. The van der Waals surface area contributed by atoms with Crippen LogP contribution in [0.15, 0.2) is 6.20 Å². The van der Waals surface area contributed by atoms with E-state index in [-0.39, 0.29) is 0 Å². The van der Waals surface area contributed by atoms with Gasteiger partial charge in [-0.1, -0.05) is 6.92 Å². The van der Waals surface area contributed by atoms with Crippen LogP contribution in [0.25, 0.3) is 0 Å². The summed E-state index contributed by atoms with van der Waals surface area (Å²) in [5.41, 5.74) is 2.49. The number of aromatic amines is 1. The third-order valence-electron chi connectivity index (χ3n) is 1.76. The number of aryl methyl sites for hydroxylation is 1. The summed E-state index contributed by atoms with van der Waals surface area (Å²) in [6, 6.07) is 0. The van der Waals surface area contributed by atoms with Gasteiger partial charge in [0.15, 0.2) is 0 Å². The largest absolute Gasteiger partial charge is 0.317 e. The fraction of sp³-hybridized carbons (Fsp3) is 0.625. The maximum absolute atomic E-state index is 3.95. The average Bonchev–Trinajstić information content (AvgIpc) is 2.37. The Labute approximate surface area is 67.2 Å². The SMILES string of the molecule is CCNCCc1cn[nH]c1C. The Morgan fingerprint density at radius 3 is 3.00 bits per heavy atom. The first kappa shape index (κ1) is 8.27. The summed E-state index contributed by atoms with van der Waals surface area (Å²) in [4.78, 5) is 0. The molecule has 3 heteroatoms. The first-order valence-corrected chi connectivity index (χ1v) is 4.04. The highest BCUT2D eigenvalue weighted by Gasteiger charge is 1.97. The predicted octanol–water partition coefficient (Wildman–Crippen LogP) is 0.870. The van der Waals surface area contributed by atoms with Crippen molar-refractivity contribution in [2.24, 2.45) is 0 Å². The van der Waals surface area contributed by atoms with Gasteiger partial charge in [0, 0.05) is 5.69 Å². The number of aromatic nitrogens is 2. The molecular formula is C8H15N3. The first-order chi connectivity index (χ1) is 5.34. The van der Waals surface area contributed by atoms with Gasteiger partial charge < -0.3 is 5.32 Å². The van der Waals surface area contributed by atoms with E-state index in [1.54, 1.807) is 0 Å². The van der Waals surface area contributed by atoms with Gasteiger partial charge in [0.2, 0.25) is 0 Å². The molecule has 1 aromatic heterocycles. The molecule has 2 N–H and O–H groups in total. The topological polar surface area (TPSA) is 40.7 Å². The fourth-order valence-electron chi connectivity index (χ4n) is 1.03. The van der Waals surface area contributed by atoms with Crippen molar-refractivity contribution in [2.75, 3.05) is 13.1 Å². The molecule has 0 saturated carbocycles. The molecule has 0 aliphatic carbocycles. The highest BCUT2D eigenvalue weighted by molar-refractivity contribution is 5.14. The molecule has 1 aromatic rings. The van der Waals surface area contributed by atoms with Crippen molar-refractivity contribution in [1.29, 1.82) is 0 Å². The van der Waals surface area contributed by atoms with E-state index >= 15 is 0 Å². The van der Waals surface area contributed by atoms with Crippen molar-refractivity contribution in [3.8, 4) is 0 Å². The molecule has 0 aliphatic heterocycles. The monoisotopic (exact) mass is 153 g/mol. The molecule has 0 amide bonds. The third kappa shape index (κ3) is 2.35. The van der Waals surface area contributed by atoms with Crippen LogP contribution in [0.1, 0.15) is 18.2 Å². The summed E-state index contributed by atoms with van der Waals surface area (Å²) >= 11 is 0. The quantitative estimate of drug-likeness (QED) is 0.630. The molecule has 0 atom stereocenters. The molecule has 0 fully saturated rings. The number of nitrogens with zero attached hydrogens (tertiary/aromatic N) is 1. The second-order valence-corrected chi connectivity index (χ2v) is 2.62. The zero-order valence-electron chi connectivity index (χ0n) is 7.15. The molecule has 1 rings (SSSR count). The zero-order valence-corrected chi connectivity index (χ0v) is 7.15. The minimum Gasteiger partial charge on any atom is -0.317 e. The Morgan fingerprint density at radius 1 is 1.64 bits per heavy atom. The molecule has 62 valence electrons. The van der Waals surface area contributed by atoms with Gasteiger partial charge in [-0.3, -0.25) is 5.10 Å². The lowest BCUT2D eigenvalue weighted by molar-refractivity contribution is 0.715. The second kappa shape index (κ2) is 4.13. The normalized spacial score (nSPS) is 10.4. The van der Waals surface area contributed by atoms with E-state index < -0.39 is 0 Å². The number of nitrogens with one attached hydrogen (secondary N) is 2. The summed E-state index contributed by atoms with van der Waals surface area (Å²) < 4.78 is 0. The van der Waals surface area contributed by atoms with Crippen LogP contribution < -0.4 is 5.32 Å². The van der Waals surface area contributed by atoms with Crippen LogP contribution in [-0.4, -0.2) is 23.3 Å². The number of hydrogen-bond donors (Lipinski definition) is 2. The summed E-state index contributed by atoms with van der Waals surface area (Å²) in [6.45, 7) is 6.24. The van der Waals surface area contributed by atoms with E-state index in [1.165, 1.54) is 11.3 Å². The van der Waals surface area contributed by atoms with Crippen LogP contribution >= 0.6 is 0 Å². The van der Waals surface area contributed by atoms with Gasteiger partial charge in [0.1, 0.15) is 0 Å². The molecule has 1 heterocycles. The van der Waals surface area contributed by atoms with Crippen molar-refractivity contribution < 1.29 is 0 Å². The van der Waals surface area contributed by atoms with Crippen LogP contribution in [-0.2, 0) is 6.42 Å². The van der Waals surface area contributed by atoms with Crippen molar-refractivity contribution in [2.45, 2.75) is 20.3 Å². The van der Waals surface area contributed by atoms with Crippen LogP contribution in [0.3, 0.4) is 0 Å². The van der Waals surface area contributed by atoms with Gasteiger partial charge in [0.05, 0.1) is 6.20 Å². The maximum atomic E-state index is 3.95. The Hall–Kier alpha value is -0.830. The van der Waals surface area contributed by atoms with E-state index in [0.717, 1.165) is 19.5 Å². The predicted molar refractivity (Wildman–Crippen MR) is 45.6 cm³/mol. The number of hydrogen-bond acceptors (Lipinski definition) is 2. The summed E-state index contributed by atoms with van der Waals surface area (Å²) in [5.74, 6) is 0. The van der Waals surface area contributed by atoms with E-state index in [9.17, 15) is 0 Å². The summed E-state index contributed by atoms with van der Waals surface area (Å²) in [7, 11) is 0. The Kier molecular flexibility index (Phi) is 3.11. The molecule has 11 heavy (non-hydrogen) atoms. The van der Waals surface area contributed by atoms with Crippen molar-refractivity contribution in [1.82, 2.24) is 15.5 Å². The molecule has 0 radical (unpaired) electrons. The van der Waals surface area contributed by atoms with Crippen LogP contribution in [0.5, 0.6) is 0 Å². The lowest BCUT2D eigenvalue weighted by Gasteiger charge is -1.99. The minimum atomic E-state index is 1.04. The standard InChI is InChI=1S/C8H15N3/c1-3-9-5-4-8-6-10-11-7(8)2/h6,9H,3-5H2,1-2H3,(H,10,11). The van der Waals surface area contributed by atoms with Crippen LogP contribution in [0, 0.1) is 6.92 Å². The van der Waals surface area contributed by atoms with Crippen molar-refractivity contribution in [3.63, 3.8) is 0 Å². The fourth-order valence-corrected chi connectivity index (χ4v) is 1.03. The van der Waals surface area contributed by atoms with Crippen LogP contribution in [0.2, 0.25) is 0 Å². The van der Waals surface area contributed by atoms with Gasteiger partial charge in [-0.15, -0.1) is 0 Å². The molecule has 0 aliphatic rings. The van der Waals surface area contributed by atoms with E-state index in [4.69, 9.17) is 0 Å². The molecule has 0 unspecified atom stereocenters. The number of H-pyrrole nitrogens is 1. The molecule has 0 aromatic carbocycles. The van der Waals surface area contributed by atoms with Crippen molar-refractivity contribution >= 4 is 0 Å². The summed E-state index contributed by atoms with van der Waals surface area (Å²) in [5, 5.41) is 10.1. The Morgan fingerprint density at radius 2 is 2.45 bits per heavy atom. The molecule has 0 spiro atoms. The van der Waals surface area contributed by atoms with Gasteiger partial charge in [-0.05, 0) is 32.0 Å². The minimum absolute atomic E-state index is 1.04. The van der Waals surface area contributed by atoms with E-state index in [0.29, 0.717) is 0 Å². The third-order valence-corrected chi connectivity index (χ3v) is 1.76. The van der Waals surface area contributed by atoms with Gasteiger partial charge in [-0.2, -0.15) is 5.10 Å². The maximum Gasteiger partial charge on any atom is 0.0522 e. The molecule has 3 nitrogen and oxygen atoms in total. The Balaban J connectivity index is 2.32. The highest BCUT2D eigenvalue weighted by Crippen LogP contribution is 2.01. The molecule has 0 saturated heterocycles. The van der Waals surface area contributed by atoms with Gasteiger partial charge in [-0.25, -0.2) is 0 Å². The van der Waals surface area contributed by atoms with Gasteiger partial charge in [0.25, 0.3) is 0 Å². The second-order valence-electron chi connectivity index (χ2n) is 2.62. The summed E-state index contributed by atoms with van der Waals surface area (Å²) in [6.07, 6.45) is 2.96. The zero-order chi connectivity index (χ0) is 8.10. The lowest BCUT2D eigenvalue weighted by Crippen LogP contribution is -2.16. The molecular weight excluding hydrogens is 138 g/mol. The Bertz CT molecular complexity index is 205. The van der Waals surface area contributed by atoms with E-state index in [2.05, 4.69) is 22.4 Å². The van der Waals surface area contributed by atoms with E-state index in [1.807, 2.05) is 13.1 Å². The highest BCUT2D eigenvalue weighted by atomic mass is 15.1. The number of likely N-dealkylation sites (N-methyl/N-ethyl adjacent to an activating group) is 1. The smallest absolute Gasteiger partial charge is 0.0522 e. The van der Waals surface area contributed by atoms with Crippen molar-refractivity contribution in [3.05, 3.63) is 17.5 Å². The lowest BCUT2D eigenvalue weighted by atomic mass is 10.2. The molecule has 0 bridgehead atoms. The van der Waals surface area contributed by atoms with Crippen LogP contribution in [0.4, 0.5) is 0 Å². The number of rotatable bonds is 4. The van der Waals surface area contributed by atoms with Gasteiger partial charge >= 0.3 is 0 Å².